The maximum absolute atomic E-state index is 9.51. The second-order valence-electron chi connectivity index (χ2n) is 8.83. The van der Waals surface area contributed by atoms with Crippen LogP contribution in [0.3, 0.4) is 0 Å². The molecule has 2 saturated heterocycles. The quantitative estimate of drug-likeness (QED) is 0.678. The van der Waals surface area contributed by atoms with E-state index < -0.39 is 0 Å². The van der Waals surface area contributed by atoms with Crippen LogP contribution in [0.25, 0.3) is 22.4 Å². The molecule has 3 aromatic rings. The number of nitrogens with zero attached hydrogens (tertiary/aromatic N) is 5. The summed E-state index contributed by atoms with van der Waals surface area (Å²) >= 11 is 0. The number of aliphatic hydroxyl groups excluding tert-OH is 1. The Morgan fingerprint density at radius 3 is 2.61 bits per heavy atom. The predicted molar refractivity (Wildman–Crippen MR) is 116 cm³/mol. The summed E-state index contributed by atoms with van der Waals surface area (Å²) in [6.07, 6.45) is 5.02. The van der Waals surface area contributed by atoms with Gasteiger partial charge in [-0.15, -0.1) is 0 Å². The number of rotatable bonds is 5. The molecular weight excluding hydrogens is 394 g/mol. The van der Waals surface area contributed by atoms with Gasteiger partial charge in [0, 0.05) is 31.9 Å². The van der Waals surface area contributed by atoms with Crippen molar-refractivity contribution in [3.63, 3.8) is 0 Å². The fourth-order valence-corrected chi connectivity index (χ4v) is 5.23. The molecule has 31 heavy (non-hydrogen) atoms. The molecule has 6 rings (SSSR count). The number of fused-ring (bicyclic) bond motifs is 2. The molecule has 0 amide bonds. The van der Waals surface area contributed by atoms with Gasteiger partial charge in [0.25, 0.3) is 0 Å². The van der Waals surface area contributed by atoms with Crippen LogP contribution in [-0.2, 0) is 4.74 Å². The van der Waals surface area contributed by atoms with Gasteiger partial charge in [0.05, 0.1) is 13.4 Å². The van der Waals surface area contributed by atoms with Crippen LogP contribution in [0.1, 0.15) is 25.5 Å². The minimum absolute atomic E-state index is 0.0315. The molecule has 162 valence electrons. The molecule has 3 unspecified atom stereocenters. The van der Waals surface area contributed by atoms with Gasteiger partial charge in [-0.3, -0.25) is 4.57 Å². The van der Waals surface area contributed by atoms with E-state index in [9.17, 15) is 5.11 Å². The van der Waals surface area contributed by atoms with E-state index in [1.807, 2.05) is 30.6 Å². The standard InChI is InChI=1S/C23H27N5O3/c1-30-15-7-5-14(6-8-15)20-21-22(28(13-24-21)19-4-2-3-9-31-19)26-23(25-20)27-10-16-17(11-27)18(16)12-29/h5-8,13,16-19,29H,2-4,9-12H2,1H3. The number of benzene rings is 1. The van der Waals surface area contributed by atoms with Crippen molar-refractivity contribution in [1.29, 1.82) is 0 Å². The predicted octanol–water partition coefficient (Wildman–Crippen LogP) is 2.88. The first kappa shape index (κ1) is 19.0. The minimum Gasteiger partial charge on any atom is -0.497 e. The van der Waals surface area contributed by atoms with Crippen molar-refractivity contribution in [2.24, 2.45) is 17.8 Å². The Morgan fingerprint density at radius 2 is 1.94 bits per heavy atom. The number of piperidine rings is 1. The Morgan fingerprint density at radius 1 is 1.13 bits per heavy atom. The molecular formula is C23H27N5O3. The van der Waals surface area contributed by atoms with E-state index >= 15 is 0 Å². The number of hydrogen-bond donors (Lipinski definition) is 1. The Labute approximate surface area is 180 Å². The first-order valence-corrected chi connectivity index (χ1v) is 11.1. The van der Waals surface area contributed by atoms with Gasteiger partial charge < -0.3 is 19.5 Å². The van der Waals surface area contributed by atoms with Crippen LogP contribution < -0.4 is 9.64 Å². The third-order valence-corrected chi connectivity index (χ3v) is 7.10. The van der Waals surface area contributed by atoms with Gasteiger partial charge in [-0.25, -0.2) is 9.97 Å². The summed E-state index contributed by atoms with van der Waals surface area (Å²) in [4.78, 5) is 16.9. The molecule has 0 bridgehead atoms. The number of aliphatic hydroxyl groups is 1. The van der Waals surface area contributed by atoms with Crippen LogP contribution in [0.2, 0.25) is 0 Å². The van der Waals surface area contributed by atoms with E-state index in [4.69, 9.17) is 24.4 Å². The van der Waals surface area contributed by atoms with Crippen LogP contribution >= 0.6 is 0 Å². The number of anilines is 1. The van der Waals surface area contributed by atoms with Gasteiger partial charge in [0.2, 0.25) is 5.95 Å². The third-order valence-electron chi connectivity index (χ3n) is 7.10. The van der Waals surface area contributed by atoms with Crippen molar-refractivity contribution in [1.82, 2.24) is 19.5 Å². The Balaban J connectivity index is 1.43. The Kier molecular flexibility index (Phi) is 4.57. The summed E-state index contributed by atoms with van der Waals surface area (Å²) in [5.41, 5.74) is 3.43. The largest absolute Gasteiger partial charge is 0.497 e. The van der Waals surface area contributed by atoms with Crippen molar-refractivity contribution in [3.8, 4) is 17.0 Å². The lowest BCUT2D eigenvalue weighted by Crippen LogP contribution is -2.27. The summed E-state index contributed by atoms with van der Waals surface area (Å²) in [6.45, 7) is 2.85. The highest BCUT2D eigenvalue weighted by Gasteiger charge is 2.55. The molecule has 1 aromatic carbocycles. The molecule has 2 aliphatic heterocycles. The van der Waals surface area contributed by atoms with Crippen LogP contribution in [0.15, 0.2) is 30.6 Å². The smallest absolute Gasteiger partial charge is 0.228 e. The summed E-state index contributed by atoms with van der Waals surface area (Å²) in [6, 6.07) is 7.93. The van der Waals surface area contributed by atoms with Crippen molar-refractivity contribution in [3.05, 3.63) is 30.6 Å². The highest BCUT2D eigenvalue weighted by Crippen LogP contribution is 2.52. The highest BCUT2D eigenvalue weighted by molar-refractivity contribution is 5.88. The van der Waals surface area contributed by atoms with Crippen molar-refractivity contribution < 1.29 is 14.6 Å². The molecule has 0 spiro atoms. The molecule has 2 aromatic heterocycles. The zero-order chi connectivity index (χ0) is 20.9. The van der Waals surface area contributed by atoms with Crippen LogP contribution in [-0.4, -0.2) is 58.0 Å². The van der Waals surface area contributed by atoms with Crippen LogP contribution in [0.4, 0.5) is 5.95 Å². The van der Waals surface area contributed by atoms with Crippen molar-refractivity contribution in [2.75, 3.05) is 38.3 Å². The van der Waals surface area contributed by atoms with Gasteiger partial charge in [-0.2, -0.15) is 4.98 Å². The van der Waals surface area contributed by atoms with E-state index in [2.05, 4.69) is 9.47 Å². The molecule has 8 heteroatoms. The third kappa shape index (κ3) is 3.16. The van der Waals surface area contributed by atoms with E-state index in [-0.39, 0.29) is 12.8 Å². The average molecular weight is 422 g/mol. The molecule has 1 saturated carbocycles. The number of ether oxygens (including phenoxy) is 2. The monoisotopic (exact) mass is 421 g/mol. The van der Waals surface area contributed by atoms with Crippen molar-refractivity contribution >= 4 is 17.1 Å². The first-order valence-electron chi connectivity index (χ1n) is 11.1. The summed E-state index contributed by atoms with van der Waals surface area (Å²) in [7, 11) is 1.67. The lowest BCUT2D eigenvalue weighted by Gasteiger charge is -2.24. The second kappa shape index (κ2) is 7.46. The van der Waals surface area contributed by atoms with Crippen molar-refractivity contribution in [2.45, 2.75) is 25.5 Å². The van der Waals surface area contributed by atoms with E-state index in [0.717, 1.165) is 73.1 Å². The fourth-order valence-electron chi connectivity index (χ4n) is 5.23. The molecule has 4 heterocycles. The second-order valence-corrected chi connectivity index (χ2v) is 8.83. The van der Waals surface area contributed by atoms with Gasteiger partial charge in [-0.1, -0.05) is 0 Å². The fraction of sp³-hybridized carbons (Fsp3) is 0.522. The molecule has 3 atom stereocenters. The maximum atomic E-state index is 9.51. The zero-order valence-electron chi connectivity index (χ0n) is 17.6. The normalized spacial score (nSPS) is 27.5. The van der Waals surface area contributed by atoms with E-state index in [1.54, 1.807) is 7.11 Å². The first-order chi connectivity index (χ1) is 15.3. The van der Waals surface area contributed by atoms with Crippen LogP contribution in [0, 0.1) is 17.8 Å². The van der Waals surface area contributed by atoms with Crippen LogP contribution in [0.5, 0.6) is 5.75 Å². The molecule has 8 nitrogen and oxygen atoms in total. The van der Waals surface area contributed by atoms with Gasteiger partial charge in [0.1, 0.15) is 23.2 Å². The van der Waals surface area contributed by atoms with Gasteiger partial charge in [0.15, 0.2) is 5.65 Å². The highest BCUT2D eigenvalue weighted by atomic mass is 16.5. The molecule has 3 aliphatic rings. The van der Waals surface area contributed by atoms with E-state index in [0.29, 0.717) is 17.8 Å². The summed E-state index contributed by atoms with van der Waals surface area (Å²) in [5, 5.41) is 9.51. The number of methoxy groups -OCH3 is 1. The maximum Gasteiger partial charge on any atom is 0.228 e. The van der Waals surface area contributed by atoms with Gasteiger partial charge >= 0.3 is 0 Å². The van der Waals surface area contributed by atoms with E-state index in [1.165, 1.54) is 0 Å². The minimum atomic E-state index is -0.0315. The summed E-state index contributed by atoms with van der Waals surface area (Å²) in [5.74, 6) is 3.10. The SMILES string of the molecule is COc1ccc(-c2nc(N3CC4C(CO)C4C3)nc3c2ncn3C2CCCCO2)cc1. The average Bonchev–Trinajstić information content (AvgIpc) is 3.15. The summed E-state index contributed by atoms with van der Waals surface area (Å²) < 4.78 is 13.4. The molecule has 1 aliphatic carbocycles. The lowest BCUT2D eigenvalue weighted by molar-refractivity contribution is -0.0298. The number of imidazole rings is 1. The Hall–Kier alpha value is -2.71. The van der Waals surface area contributed by atoms with Gasteiger partial charge in [-0.05, 0) is 61.3 Å². The molecule has 0 radical (unpaired) electrons. The number of hydrogen-bond acceptors (Lipinski definition) is 7. The Bertz CT molecular complexity index is 1080. The zero-order valence-corrected chi connectivity index (χ0v) is 17.6. The molecule has 1 N–H and O–H groups in total. The lowest BCUT2D eigenvalue weighted by atomic mass is 10.1. The number of aromatic nitrogens is 4. The molecule has 3 fully saturated rings. The topological polar surface area (TPSA) is 85.5 Å².